The summed E-state index contributed by atoms with van der Waals surface area (Å²) >= 11 is 0. The van der Waals surface area contributed by atoms with Crippen molar-refractivity contribution in [3.05, 3.63) is 71.3 Å². The molecule has 21 heavy (non-hydrogen) atoms. The van der Waals surface area contributed by atoms with Gasteiger partial charge in [-0.25, -0.2) is 4.90 Å². The van der Waals surface area contributed by atoms with E-state index in [1.165, 1.54) is 4.90 Å². The molecule has 0 radical (unpaired) electrons. The number of imide groups is 1. The first-order chi connectivity index (χ1) is 10.1. The molecule has 0 N–H and O–H groups in total. The van der Waals surface area contributed by atoms with Gasteiger partial charge in [0, 0.05) is 5.56 Å². The Balaban J connectivity index is 2.16. The maximum atomic E-state index is 12.6. The summed E-state index contributed by atoms with van der Waals surface area (Å²) in [6.07, 6.45) is 1.97. The lowest BCUT2D eigenvalue weighted by Crippen LogP contribution is -2.30. The molecule has 1 heterocycles. The third-order valence-electron chi connectivity index (χ3n) is 3.80. The van der Waals surface area contributed by atoms with Crippen LogP contribution in [-0.2, 0) is 0 Å². The summed E-state index contributed by atoms with van der Waals surface area (Å²) < 4.78 is 0. The number of hydrogen-bond acceptors (Lipinski definition) is 2. The Morgan fingerprint density at radius 2 is 1.43 bits per heavy atom. The smallest absolute Gasteiger partial charge is 0.266 e. The number of carbonyl (C=O) groups excluding carboxylic acids is 2. The van der Waals surface area contributed by atoms with Gasteiger partial charge in [-0.2, -0.15) is 0 Å². The third kappa shape index (κ3) is 1.98. The Bertz CT molecular complexity index is 739. The third-order valence-corrected chi connectivity index (χ3v) is 3.80. The molecule has 3 rings (SSSR count). The molecule has 0 bridgehead atoms. The van der Waals surface area contributed by atoms with E-state index in [1.807, 2.05) is 44.2 Å². The van der Waals surface area contributed by atoms with Crippen LogP contribution in [0.3, 0.4) is 0 Å². The molecule has 0 atom stereocenters. The van der Waals surface area contributed by atoms with Crippen LogP contribution >= 0.6 is 0 Å². The van der Waals surface area contributed by atoms with Crippen LogP contribution in [0.25, 0.3) is 5.57 Å². The number of hydrogen-bond donors (Lipinski definition) is 0. The lowest BCUT2D eigenvalue weighted by molar-refractivity contribution is 0.0926. The van der Waals surface area contributed by atoms with Crippen LogP contribution in [0.1, 0.15) is 40.1 Å². The fourth-order valence-electron chi connectivity index (χ4n) is 2.57. The van der Waals surface area contributed by atoms with Crippen LogP contribution < -0.4 is 4.90 Å². The molecule has 0 unspecified atom stereocenters. The minimum Gasteiger partial charge on any atom is -0.268 e. The number of nitrogens with zero attached hydrogens (tertiary/aromatic N) is 1. The SMILES string of the molecule is C/C=C(\C)c1ccccc1N1C(=O)c2ccccc2C1=O. The summed E-state index contributed by atoms with van der Waals surface area (Å²) in [6, 6.07) is 14.4. The van der Waals surface area contributed by atoms with E-state index in [0.29, 0.717) is 16.8 Å². The fraction of sp³-hybridized carbons (Fsp3) is 0.111. The van der Waals surface area contributed by atoms with E-state index in [2.05, 4.69) is 0 Å². The Kier molecular flexibility index (Phi) is 3.18. The summed E-state index contributed by atoms with van der Waals surface area (Å²) in [4.78, 5) is 26.4. The van der Waals surface area contributed by atoms with Crippen molar-refractivity contribution in [2.24, 2.45) is 0 Å². The van der Waals surface area contributed by atoms with Crippen molar-refractivity contribution in [2.45, 2.75) is 13.8 Å². The summed E-state index contributed by atoms with van der Waals surface area (Å²) in [6.45, 7) is 3.91. The molecule has 0 aromatic heterocycles. The highest BCUT2D eigenvalue weighted by Crippen LogP contribution is 2.33. The zero-order valence-electron chi connectivity index (χ0n) is 12.0. The Hall–Kier alpha value is -2.68. The Morgan fingerprint density at radius 1 is 0.905 bits per heavy atom. The minimum absolute atomic E-state index is 0.257. The molecular formula is C18H15NO2. The predicted molar refractivity (Wildman–Crippen MR) is 83.3 cm³/mol. The maximum absolute atomic E-state index is 12.6. The van der Waals surface area contributed by atoms with E-state index in [9.17, 15) is 9.59 Å². The number of amides is 2. The summed E-state index contributed by atoms with van der Waals surface area (Å²) in [7, 11) is 0. The highest BCUT2D eigenvalue weighted by molar-refractivity contribution is 6.34. The summed E-state index contributed by atoms with van der Waals surface area (Å²) in [5.41, 5.74) is 3.50. The highest BCUT2D eigenvalue weighted by atomic mass is 16.2. The number of anilines is 1. The second kappa shape index (κ2) is 5.02. The molecule has 2 amide bonds. The summed E-state index contributed by atoms with van der Waals surface area (Å²) in [5, 5.41) is 0. The average molecular weight is 277 g/mol. The van der Waals surface area contributed by atoms with Crippen LogP contribution in [0, 0.1) is 0 Å². The molecular weight excluding hydrogens is 262 g/mol. The first-order valence-electron chi connectivity index (χ1n) is 6.85. The lowest BCUT2D eigenvalue weighted by Gasteiger charge is -2.18. The summed E-state index contributed by atoms with van der Waals surface area (Å²) in [5.74, 6) is -0.515. The number of fused-ring (bicyclic) bond motifs is 1. The van der Waals surface area contributed by atoms with Gasteiger partial charge in [0.1, 0.15) is 0 Å². The molecule has 3 heteroatoms. The second-order valence-electron chi connectivity index (χ2n) is 4.98. The quantitative estimate of drug-likeness (QED) is 0.780. The van der Waals surface area contributed by atoms with E-state index < -0.39 is 0 Å². The molecule has 0 aliphatic carbocycles. The lowest BCUT2D eigenvalue weighted by atomic mass is 10.0. The maximum Gasteiger partial charge on any atom is 0.266 e. The standard InChI is InChI=1S/C18H15NO2/c1-3-12(2)13-8-6-7-11-16(13)19-17(20)14-9-4-5-10-15(14)18(19)21/h3-11H,1-2H3/b12-3+. The van der Waals surface area contributed by atoms with E-state index in [0.717, 1.165) is 11.1 Å². The van der Waals surface area contributed by atoms with Crippen molar-refractivity contribution < 1.29 is 9.59 Å². The predicted octanol–water partition coefficient (Wildman–Crippen LogP) is 3.91. The zero-order valence-corrected chi connectivity index (χ0v) is 12.0. The fourth-order valence-corrected chi connectivity index (χ4v) is 2.57. The van der Waals surface area contributed by atoms with E-state index in [-0.39, 0.29) is 11.8 Å². The highest BCUT2D eigenvalue weighted by Gasteiger charge is 2.37. The van der Waals surface area contributed by atoms with Gasteiger partial charge in [0.2, 0.25) is 0 Å². The van der Waals surface area contributed by atoms with Gasteiger partial charge in [-0.15, -0.1) is 0 Å². The largest absolute Gasteiger partial charge is 0.268 e. The average Bonchev–Trinajstić information content (AvgIpc) is 2.78. The number of benzene rings is 2. The molecule has 3 nitrogen and oxygen atoms in total. The Morgan fingerprint density at radius 3 is 2.00 bits per heavy atom. The van der Waals surface area contributed by atoms with Gasteiger partial charge in [-0.3, -0.25) is 9.59 Å². The number of allylic oxidation sites excluding steroid dienone is 2. The Labute approximate surface area is 123 Å². The van der Waals surface area contributed by atoms with Crippen molar-refractivity contribution >= 4 is 23.1 Å². The minimum atomic E-state index is -0.257. The molecule has 2 aromatic carbocycles. The number of carbonyl (C=O) groups is 2. The number of para-hydroxylation sites is 1. The normalized spacial score (nSPS) is 14.6. The van der Waals surface area contributed by atoms with Crippen LogP contribution in [0.4, 0.5) is 5.69 Å². The van der Waals surface area contributed by atoms with E-state index in [4.69, 9.17) is 0 Å². The van der Waals surface area contributed by atoms with Crippen LogP contribution in [0.5, 0.6) is 0 Å². The van der Waals surface area contributed by atoms with Gasteiger partial charge in [0.15, 0.2) is 0 Å². The first-order valence-corrected chi connectivity index (χ1v) is 6.85. The molecule has 0 saturated heterocycles. The van der Waals surface area contributed by atoms with Crippen molar-refractivity contribution in [3.63, 3.8) is 0 Å². The van der Waals surface area contributed by atoms with Gasteiger partial charge in [0.25, 0.3) is 11.8 Å². The van der Waals surface area contributed by atoms with Crippen molar-refractivity contribution in [3.8, 4) is 0 Å². The van der Waals surface area contributed by atoms with Crippen LogP contribution in [0.2, 0.25) is 0 Å². The molecule has 0 fully saturated rings. The molecule has 1 aliphatic rings. The van der Waals surface area contributed by atoms with Crippen molar-refractivity contribution in [1.29, 1.82) is 0 Å². The van der Waals surface area contributed by atoms with Crippen LogP contribution in [0.15, 0.2) is 54.6 Å². The zero-order chi connectivity index (χ0) is 15.0. The topological polar surface area (TPSA) is 37.4 Å². The monoisotopic (exact) mass is 277 g/mol. The molecule has 1 aliphatic heterocycles. The van der Waals surface area contributed by atoms with E-state index in [1.54, 1.807) is 24.3 Å². The first kappa shape index (κ1) is 13.3. The molecule has 0 spiro atoms. The van der Waals surface area contributed by atoms with E-state index >= 15 is 0 Å². The van der Waals surface area contributed by atoms with Gasteiger partial charge < -0.3 is 0 Å². The molecule has 2 aromatic rings. The van der Waals surface area contributed by atoms with Gasteiger partial charge in [-0.05, 0) is 37.6 Å². The van der Waals surface area contributed by atoms with Gasteiger partial charge in [-0.1, -0.05) is 36.4 Å². The van der Waals surface area contributed by atoms with Crippen LogP contribution in [-0.4, -0.2) is 11.8 Å². The van der Waals surface area contributed by atoms with Crippen molar-refractivity contribution in [2.75, 3.05) is 4.90 Å². The second-order valence-corrected chi connectivity index (χ2v) is 4.98. The van der Waals surface area contributed by atoms with Gasteiger partial charge in [0.05, 0.1) is 16.8 Å². The van der Waals surface area contributed by atoms with Gasteiger partial charge >= 0.3 is 0 Å². The number of rotatable bonds is 2. The molecule has 104 valence electrons. The molecule has 0 saturated carbocycles. The van der Waals surface area contributed by atoms with Crippen molar-refractivity contribution in [1.82, 2.24) is 0 Å².